The summed E-state index contributed by atoms with van der Waals surface area (Å²) in [6.07, 6.45) is 8.47. The van der Waals surface area contributed by atoms with Crippen molar-refractivity contribution in [3.8, 4) is 5.69 Å². The van der Waals surface area contributed by atoms with Crippen LogP contribution < -0.4 is 16.2 Å². The van der Waals surface area contributed by atoms with Gasteiger partial charge in [0.25, 0.3) is 11.5 Å². The van der Waals surface area contributed by atoms with Crippen molar-refractivity contribution in [3.05, 3.63) is 87.5 Å². The first-order valence-corrected chi connectivity index (χ1v) is 10.9. The van der Waals surface area contributed by atoms with E-state index in [1.807, 2.05) is 19.1 Å². The first kappa shape index (κ1) is 19.5. The monoisotopic (exact) mass is 414 g/mol. The molecule has 31 heavy (non-hydrogen) atoms. The maximum Gasteiger partial charge on any atom is 0.297 e. The highest BCUT2D eigenvalue weighted by Crippen LogP contribution is 2.31. The quantitative estimate of drug-likeness (QED) is 0.663. The van der Waals surface area contributed by atoms with E-state index in [1.54, 1.807) is 29.1 Å². The SMILES string of the molecule is Cc1ccc(C(=O)NC2CC2)cc1-n1ccnc(N[C@H]2CCCc3ccccc32)c1=O. The van der Waals surface area contributed by atoms with E-state index in [2.05, 4.69) is 33.8 Å². The molecular formula is C25H26N4O2. The van der Waals surface area contributed by atoms with Crippen LogP contribution in [0.4, 0.5) is 5.82 Å². The number of fused-ring (bicyclic) bond motifs is 1. The molecule has 0 aliphatic heterocycles. The first-order chi connectivity index (χ1) is 15.1. The summed E-state index contributed by atoms with van der Waals surface area (Å²) in [6.45, 7) is 1.94. The average Bonchev–Trinajstić information content (AvgIpc) is 3.60. The van der Waals surface area contributed by atoms with Gasteiger partial charge in [-0.2, -0.15) is 0 Å². The molecule has 1 fully saturated rings. The molecule has 0 saturated heterocycles. The van der Waals surface area contributed by atoms with E-state index in [0.29, 0.717) is 17.1 Å². The predicted octanol–water partition coefficient (Wildman–Crippen LogP) is 3.92. The van der Waals surface area contributed by atoms with E-state index in [0.717, 1.165) is 37.7 Å². The fourth-order valence-electron chi connectivity index (χ4n) is 4.28. The minimum absolute atomic E-state index is 0.0674. The Balaban J connectivity index is 1.47. The van der Waals surface area contributed by atoms with Crippen molar-refractivity contribution in [2.24, 2.45) is 0 Å². The summed E-state index contributed by atoms with van der Waals surface area (Å²) in [5.74, 6) is 0.236. The molecule has 2 aliphatic rings. The fourth-order valence-corrected chi connectivity index (χ4v) is 4.28. The standard InChI is InChI=1S/C25H26N4O2/c1-16-9-10-18(24(30)27-19-11-12-19)15-22(16)29-14-13-26-23(25(29)31)28-21-8-4-6-17-5-2-3-7-20(17)21/h2-3,5,7,9-10,13-15,19,21H,4,6,8,11-12H2,1H3,(H,26,28)(H,27,30)/t21-/m0/s1. The van der Waals surface area contributed by atoms with Gasteiger partial charge in [0.15, 0.2) is 5.82 Å². The normalized spacial score (nSPS) is 17.6. The molecule has 1 heterocycles. The van der Waals surface area contributed by atoms with E-state index < -0.39 is 0 Å². The van der Waals surface area contributed by atoms with Crippen LogP contribution in [0.3, 0.4) is 0 Å². The summed E-state index contributed by atoms with van der Waals surface area (Å²) >= 11 is 0. The Kier molecular flexibility index (Phi) is 5.06. The second-order valence-corrected chi connectivity index (χ2v) is 8.49. The molecule has 2 aliphatic carbocycles. The van der Waals surface area contributed by atoms with Crippen molar-refractivity contribution in [1.82, 2.24) is 14.9 Å². The Bertz CT molecular complexity index is 1200. The van der Waals surface area contributed by atoms with Gasteiger partial charge in [0.05, 0.1) is 11.7 Å². The molecule has 0 spiro atoms. The van der Waals surface area contributed by atoms with Crippen LogP contribution in [0.5, 0.6) is 0 Å². The molecule has 5 rings (SSSR count). The van der Waals surface area contributed by atoms with Gasteiger partial charge in [0.1, 0.15) is 0 Å². The number of benzene rings is 2. The molecule has 158 valence electrons. The zero-order valence-corrected chi connectivity index (χ0v) is 17.6. The zero-order chi connectivity index (χ0) is 21.4. The van der Waals surface area contributed by atoms with Crippen molar-refractivity contribution in [3.63, 3.8) is 0 Å². The van der Waals surface area contributed by atoms with Gasteiger partial charge in [-0.25, -0.2) is 4.98 Å². The minimum Gasteiger partial charge on any atom is -0.359 e. The van der Waals surface area contributed by atoms with E-state index in [1.165, 1.54) is 11.1 Å². The third-order valence-electron chi connectivity index (χ3n) is 6.16. The van der Waals surface area contributed by atoms with Gasteiger partial charge in [-0.05, 0) is 67.9 Å². The maximum absolute atomic E-state index is 13.3. The topological polar surface area (TPSA) is 76.0 Å². The summed E-state index contributed by atoms with van der Waals surface area (Å²) in [5.41, 5.74) is 4.53. The summed E-state index contributed by atoms with van der Waals surface area (Å²) in [5, 5.41) is 6.39. The minimum atomic E-state index is -0.214. The lowest BCUT2D eigenvalue weighted by molar-refractivity contribution is 0.0951. The van der Waals surface area contributed by atoms with Crippen LogP contribution in [0.15, 0.2) is 59.7 Å². The third kappa shape index (κ3) is 3.98. The van der Waals surface area contributed by atoms with Crippen molar-refractivity contribution in [2.75, 3.05) is 5.32 Å². The van der Waals surface area contributed by atoms with Crippen molar-refractivity contribution >= 4 is 11.7 Å². The van der Waals surface area contributed by atoms with Gasteiger partial charge < -0.3 is 10.6 Å². The zero-order valence-electron chi connectivity index (χ0n) is 17.6. The molecule has 1 saturated carbocycles. The predicted molar refractivity (Wildman–Crippen MR) is 121 cm³/mol. The molecule has 0 bridgehead atoms. The number of aryl methyl sites for hydroxylation is 2. The number of amides is 1. The van der Waals surface area contributed by atoms with E-state index in [-0.39, 0.29) is 23.6 Å². The van der Waals surface area contributed by atoms with Crippen LogP contribution in [0, 0.1) is 6.92 Å². The van der Waals surface area contributed by atoms with Crippen LogP contribution >= 0.6 is 0 Å². The number of aromatic nitrogens is 2. The van der Waals surface area contributed by atoms with Crippen LogP contribution in [0.2, 0.25) is 0 Å². The molecule has 1 atom stereocenters. The maximum atomic E-state index is 13.3. The largest absolute Gasteiger partial charge is 0.359 e. The summed E-state index contributed by atoms with van der Waals surface area (Å²) < 4.78 is 1.58. The number of hydrogen-bond donors (Lipinski definition) is 2. The molecule has 0 radical (unpaired) electrons. The second-order valence-electron chi connectivity index (χ2n) is 8.49. The van der Waals surface area contributed by atoms with Gasteiger partial charge >= 0.3 is 0 Å². The lowest BCUT2D eigenvalue weighted by atomic mass is 9.88. The second kappa shape index (κ2) is 8.02. The lowest BCUT2D eigenvalue weighted by Crippen LogP contribution is -2.28. The van der Waals surface area contributed by atoms with E-state index in [9.17, 15) is 9.59 Å². The smallest absolute Gasteiger partial charge is 0.297 e. The number of nitrogens with zero attached hydrogens (tertiary/aromatic N) is 2. The van der Waals surface area contributed by atoms with Crippen LogP contribution in [0.1, 0.15) is 58.8 Å². The first-order valence-electron chi connectivity index (χ1n) is 10.9. The van der Waals surface area contributed by atoms with Gasteiger partial charge in [0, 0.05) is 24.0 Å². The highest BCUT2D eigenvalue weighted by molar-refractivity contribution is 5.95. The molecule has 2 aromatic carbocycles. The third-order valence-corrected chi connectivity index (χ3v) is 6.16. The molecule has 6 heteroatoms. The van der Waals surface area contributed by atoms with Gasteiger partial charge in [-0.3, -0.25) is 14.2 Å². The van der Waals surface area contributed by atoms with E-state index >= 15 is 0 Å². The lowest BCUT2D eigenvalue weighted by Gasteiger charge is -2.26. The molecule has 1 amide bonds. The molecular weight excluding hydrogens is 388 g/mol. The summed E-state index contributed by atoms with van der Waals surface area (Å²) in [6, 6.07) is 14.2. The Hall–Kier alpha value is -3.41. The van der Waals surface area contributed by atoms with Gasteiger partial charge in [0.2, 0.25) is 0 Å². The van der Waals surface area contributed by atoms with Crippen molar-refractivity contribution < 1.29 is 4.79 Å². The molecule has 2 N–H and O–H groups in total. The molecule has 1 aromatic heterocycles. The highest BCUT2D eigenvalue weighted by Gasteiger charge is 2.24. The summed E-state index contributed by atoms with van der Waals surface area (Å²) in [7, 11) is 0. The molecule has 0 unspecified atom stereocenters. The average molecular weight is 415 g/mol. The van der Waals surface area contributed by atoms with Crippen LogP contribution in [-0.4, -0.2) is 21.5 Å². The number of carbonyl (C=O) groups is 1. The van der Waals surface area contributed by atoms with Crippen molar-refractivity contribution in [2.45, 2.75) is 51.1 Å². The van der Waals surface area contributed by atoms with Crippen molar-refractivity contribution in [1.29, 1.82) is 0 Å². The number of anilines is 1. The molecule has 3 aromatic rings. The number of carbonyl (C=O) groups excluding carboxylic acids is 1. The van der Waals surface area contributed by atoms with Crippen LogP contribution in [-0.2, 0) is 6.42 Å². The Morgan fingerprint density at radius 1 is 1.13 bits per heavy atom. The Labute approximate surface area is 181 Å². The summed E-state index contributed by atoms with van der Waals surface area (Å²) in [4.78, 5) is 30.2. The Morgan fingerprint density at radius 3 is 2.81 bits per heavy atom. The number of nitrogens with one attached hydrogen (secondary N) is 2. The number of rotatable bonds is 5. The Morgan fingerprint density at radius 2 is 1.97 bits per heavy atom. The van der Waals surface area contributed by atoms with Gasteiger partial charge in [-0.15, -0.1) is 0 Å². The van der Waals surface area contributed by atoms with E-state index in [4.69, 9.17) is 0 Å². The molecule has 6 nitrogen and oxygen atoms in total. The van der Waals surface area contributed by atoms with Gasteiger partial charge in [-0.1, -0.05) is 30.3 Å². The highest BCUT2D eigenvalue weighted by atomic mass is 16.2. The fraction of sp³-hybridized carbons (Fsp3) is 0.320. The number of hydrogen-bond acceptors (Lipinski definition) is 4. The van der Waals surface area contributed by atoms with Crippen LogP contribution in [0.25, 0.3) is 5.69 Å².